The van der Waals surface area contributed by atoms with Crippen LogP contribution >= 0.6 is 11.6 Å². The van der Waals surface area contributed by atoms with E-state index in [9.17, 15) is 65.1 Å². The van der Waals surface area contributed by atoms with Gasteiger partial charge in [-0.15, -0.1) is 0 Å². The van der Waals surface area contributed by atoms with E-state index in [0.29, 0.717) is 0 Å². The standard InChI is InChI=1S/C74H89ClN9O25.Re/c1-29(2)17-41(78-8)66(96)83-56-58(91)34-12-16-46(40(75)19-34)105-48-21-35-20-47(62(48)109-72-63(60(93)59(92)49(28-86)106-72)108-51-25-73(5,6)64(94)30(3)102-51)104-37-13-9-32(10-14-37)61(107-52-26-74(7,77)65(95)31(4)103-52)57-71(101)80-43(27-85)38-22-36(87)23-45(89)53(38)39-18-33(11-15-44(39)88)54(68(98)84-57)82-69(99)55(35)81-67(97)42(24-50(76)90)79-70(56)100;/h9-16,18-23,29-31,41-43,49,51-52,54-61,63-65,72,78,86-89,91-95H,17,24-26,28,77H2,1-8H3,(H2,76,90)(H,79,100)(H,80,101)(H,81,97)(H,82,99)(H,83,96)(H,84,98);/q-1;. The summed E-state index contributed by atoms with van der Waals surface area (Å²) < 4.78 is 52.0. The van der Waals surface area contributed by atoms with Crippen molar-refractivity contribution in [3.63, 3.8) is 0 Å². The molecule has 5 aromatic rings. The summed E-state index contributed by atoms with van der Waals surface area (Å²) in [6.45, 7) is 10.8. The van der Waals surface area contributed by atoms with Crippen molar-refractivity contribution in [3.8, 4) is 57.1 Å². The van der Waals surface area contributed by atoms with Gasteiger partial charge in [0.2, 0.25) is 53.4 Å². The fraction of sp³-hybridized carbons (Fsp3) is 0.486. The fourth-order valence-corrected chi connectivity index (χ4v) is 14.5. The third-order valence-electron chi connectivity index (χ3n) is 20.2. The van der Waals surface area contributed by atoms with Crippen LogP contribution in [0, 0.1) is 11.3 Å². The summed E-state index contributed by atoms with van der Waals surface area (Å²) >= 11 is 7.14. The number of hydrogen-bond donors (Lipinski definition) is 18. The quantitative estimate of drug-likeness (QED) is 0.0651. The number of halogens is 1. The molecule has 3 fully saturated rings. The van der Waals surface area contributed by atoms with E-state index in [1.165, 1.54) is 57.3 Å². The van der Waals surface area contributed by atoms with Crippen LogP contribution in [0.1, 0.15) is 132 Å². The molecule has 13 rings (SSSR count). The van der Waals surface area contributed by atoms with Crippen LogP contribution in [0.5, 0.6) is 46.0 Å². The number of aliphatic hydroxyl groups excluding tert-OH is 6. The topological polar surface area (TPSA) is 529 Å². The van der Waals surface area contributed by atoms with Gasteiger partial charge in [-0.3, -0.25) is 33.6 Å². The number of hydrogen-bond acceptors (Lipinski definition) is 27. The number of amides is 7. The first-order chi connectivity index (χ1) is 51.5. The summed E-state index contributed by atoms with van der Waals surface area (Å²) in [4.78, 5) is 119. The minimum absolute atomic E-state index is 0. The minimum atomic E-state index is -2.31. The molecule has 1 radical (unpaired) electrons. The van der Waals surface area contributed by atoms with Crippen LogP contribution in [0.25, 0.3) is 11.1 Å². The summed E-state index contributed by atoms with van der Waals surface area (Å²) in [6.07, 6.45) is -19.4. The zero-order chi connectivity index (χ0) is 79.2. The third kappa shape index (κ3) is 17.9. The van der Waals surface area contributed by atoms with E-state index in [1.54, 1.807) is 27.1 Å². The number of likely N-dealkylation sites (N-methyl/N-ethyl adjacent to an activating group) is 1. The predicted octanol–water partition coefficient (Wildman–Crippen LogP) is 1.02. The number of ether oxygens (including phenoxy) is 8. The molecule has 0 saturated carbocycles. The summed E-state index contributed by atoms with van der Waals surface area (Å²) in [5.41, 5.74) is 8.18. The molecule has 36 heteroatoms. The second kappa shape index (κ2) is 34.1. The molecule has 21 atom stereocenters. The van der Waals surface area contributed by atoms with Crippen molar-refractivity contribution in [1.82, 2.24) is 37.2 Å². The number of nitrogens with two attached hydrogens (primary N) is 2. The van der Waals surface area contributed by atoms with Gasteiger partial charge in [-0.1, -0.05) is 63.6 Å². The first kappa shape index (κ1) is 83.8. The first-order valence-electron chi connectivity index (χ1n) is 35.2. The van der Waals surface area contributed by atoms with Crippen molar-refractivity contribution in [2.75, 3.05) is 13.7 Å². The number of primary amides is 1. The molecule has 8 aliphatic rings. The molecule has 5 aromatic carbocycles. The van der Waals surface area contributed by atoms with Crippen LogP contribution in [-0.4, -0.2) is 205 Å². The van der Waals surface area contributed by atoms with Gasteiger partial charge in [0.15, 0.2) is 30.2 Å². The van der Waals surface area contributed by atoms with Gasteiger partial charge in [0.25, 0.3) is 0 Å². The monoisotopic (exact) mass is 1730 g/mol. The summed E-state index contributed by atoms with van der Waals surface area (Å²) in [5.74, 6) is -12.9. The number of nitrogens with one attached hydrogen (secondary N) is 7. The molecule has 3 saturated heterocycles. The second-order valence-electron chi connectivity index (χ2n) is 29.4. The van der Waals surface area contributed by atoms with E-state index >= 15 is 19.2 Å². The van der Waals surface area contributed by atoms with E-state index in [1.807, 2.05) is 13.8 Å². The molecule has 110 heavy (non-hydrogen) atoms. The Bertz CT molecular complexity index is 4290. The fourth-order valence-electron chi connectivity index (χ4n) is 14.3. The number of benzene rings is 5. The number of phenolic OH excluding ortho intramolecular Hbond substituents is 3. The van der Waals surface area contributed by atoms with Gasteiger partial charge in [0.05, 0.1) is 48.5 Å². The van der Waals surface area contributed by atoms with Crippen LogP contribution in [0.3, 0.4) is 0 Å². The molecule has 8 aliphatic heterocycles. The maximum Gasteiger partial charge on any atom is 0.248 e. The maximum atomic E-state index is 16.3. The summed E-state index contributed by atoms with van der Waals surface area (Å²) in [7, 11) is 1.49. The molecule has 0 spiro atoms. The van der Waals surface area contributed by atoms with E-state index in [4.69, 9.17) is 61.0 Å². The van der Waals surface area contributed by atoms with Gasteiger partial charge in [0.1, 0.15) is 89.5 Å². The molecule has 21 unspecified atom stereocenters. The Hall–Kier alpha value is -8.71. The number of fused-ring (bicyclic) bond motifs is 15. The van der Waals surface area contributed by atoms with Crippen molar-refractivity contribution >= 4 is 59.2 Å². The molecule has 11 bridgehead atoms. The molecule has 0 aliphatic carbocycles. The zero-order valence-corrected chi connectivity index (χ0v) is 64.2. The Balaban J connectivity index is 0.0000129. The van der Waals surface area contributed by atoms with E-state index in [2.05, 4.69) is 37.2 Å². The van der Waals surface area contributed by atoms with Crippen molar-refractivity contribution in [1.29, 1.82) is 0 Å². The molecule has 0 aromatic heterocycles. The van der Waals surface area contributed by atoms with Crippen molar-refractivity contribution < 1.29 is 143 Å². The molecule has 7 amide bonds. The normalized spacial score (nSPS) is 31.2. The summed E-state index contributed by atoms with van der Waals surface area (Å²) in [6, 6.07) is 2.71. The smallest absolute Gasteiger partial charge is 0.248 e. The number of aromatic hydroxyl groups is 3. The van der Waals surface area contributed by atoms with E-state index < -0.39 is 233 Å². The molecule has 20 N–H and O–H groups in total. The van der Waals surface area contributed by atoms with Gasteiger partial charge in [-0.25, -0.2) is 6.29 Å². The van der Waals surface area contributed by atoms with Crippen LogP contribution in [0.15, 0.2) is 84.9 Å². The first-order valence-corrected chi connectivity index (χ1v) is 35.6. The van der Waals surface area contributed by atoms with E-state index in [0.717, 1.165) is 48.5 Å². The number of carbonyl (C=O) groups excluding carboxylic acids is 8. The Labute approximate surface area is 649 Å². The third-order valence-corrected chi connectivity index (χ3v) is 20.4. The Morgan fingerprint density at radius 2 is 1.33 bits per heavy atom. The minimum Gasteiger partial charge on any atom is -0.540 e. The van der Waals surface area contributed by atoms with Crippen molar-refractivity contribution in [2.45, 2.75) is 202 Å². The summed E-state index contributed by atoms with van der Waals surface area (Å²) in [5, 5.41) is 121. The molecule has 34 nitrogen and oxygen atoms in total. The number of phenols is 3. The van der Waals surface area contributed by atoms with Crippen molar-refractivity contribution in [3.05, 3.63) is 118 Å². The van der Waals surface area contributed by atoms with Gasteiger partial charge >= 0.3 is 0 Å². The van der Waals surface area contributed by atoms with Gasteiger partial charge in [-0.2, -0.15) is 0 Å². The zero-order valence-electron chi connectivity index (χ0n) is 60.7. The van der Waals surface area contributed by atoms with Gasteiger partial charge < -0.3 is 137 Å². The SMILES string of the molecule is CNC(CC(C)C)C(=O)NC1C(=O)NC(CC(N)=O)C(=O)NC2C(=O)NC3C(=O)NC(C(=O)NC([C-]=O)c4cc(O)cc(O)c4-c4cc3ccc4O)C(OC3CC(C)(N)C(O)C(C)O3)c3ccc(cc3)Oc3cc2cc(c3OC2OC(CO)C(O)C(O)C2OC2CC(C)(C)C(O)C(C)O2)Oc2ccc(cc2Cl)C1O.[Re]. The molecule has 595 valence electrons. The van der Waals surface area contributed by atoms with Gasteiger partial charge in [-0.05, 0) is 134 Å². The molecular formula is C74H89ClN9O25Re-. The number of carbonyl (C=O) groups is 7. The van der Waals surface area contributed by atoms with Gasteiger partial charge in [0, 0.05) is 56.0 Å². The predicted molar refractivity (Wildman–Crippen MR) is 380 cm³/mol. The number of aliphatic hydroxyl groups is 6. The average Bonchev–Trinajstić information content (AvgIpc) is 0.766. The van der Waals surface area contributed by atoms with Crippen LogP contribution < -0.4 is 62.9 Å². The van der Waals surface area contributed by atoms with Crippen LogP contribution in [-0.2, 0) is 82.5 Å². The average molecular weight is 1730 g/mol. The van der Waals surface area contributed by atoms with Crippen LogP contribution in [0.4, 0.5) is 0 Å². The van der Waals surface area contributed by atoms with Crippen molar-refractivity contribution in [2.24, 2.45) is 22.8 Å². The largest absolute Gasteiger partial charge is 0.540 e. The van der Waals surface area contributed by atoms with Crippen LogP contribution in [0.2, 0.25) is 5.02 Å². The van der Waals surface area contributed by atoms with E-state index in [-0.39, 0.29) is 89.9 Å². The maximum absolute atomic E-state index is 16.3. The Morgan fingerprint density at radius 1 is 0.700 bits per heavy atom. The Morgan fingerprint density at radius 3 is 1.95 bits per heavy atom. The number of rotatable bonds is 15. The second-order valence-corrected chi connectivity index (χ2v) is 29.8. The molecule has 8 heterocycles. The molecular weight excluding hydrogens is 1640 g/mol. The Kier molecular flexibility index (Phi) is 26.0.